The molecular weight excluding hydrogens is 451 g/mol. The number of thioether (sulfide) groups is 1. The molecule has 3 aromatic rings. The maximum atomic E-state index is 13.0. The van der Waals surface area contributed by atoms with E-state index in [1.54, 1.807) is 26.4 Å². The normalized spacial score (nSPS) is 15.6. The smallest absolute Gasteiger partial charge is 0.233 e. The van der Waals surface area contributed by atoms with Gasteiger partial charge in [0.1, 0.15) is 17.3 Å². The van der Waals surface area contributed by atoms with Crippen LogP contribution in [0.15, 0.2) is 46.8 Å². The molecule has 32 heavy (non-hydrogen) atoms. The number of rotatable bonds is 8. The van der Waals surface area contributed by atoms with Crippen molar-refractivity contribution in [3.8, 4) is 11.5 Å². The van der Waals surface area contributed by atoms with E-state index < -0.39 is 0 Å². The minimum atomic E-state index is -0.297. The first-order valence-corrected chi connectivity index (χ1v) is 11.9. The Balaban J connectivity index is 1.39. The monoisotopic (exact) mass is 474 g/mol. The molecule has 0 bridgehead atoms. The zero-order valence-corrected chi connectivity index (χ0v) is 19.3. The summed E-state index contributed by atoms with van der Waals surface area (Å²) in [5.74, 6) is 1.52. The van der Waals surface area contributed by atoms with Crippen molar-refractivity contribution in [2.75, 3.05) is 31.8 Å². The Morgan fingerprint density at radius 2 is 2.03 bits per heavy atom. The molecular formula is C22H23FN4O3S2. The minimum absolute atomic E-state index is 0.0433. The Bertz CT molecular complexity index is 1080. The molecule has 0 spiro atoms. The van der Waals surface area contributed by atoms with Crippen LogP contribution in [-0.4, -0.2) is 47.5 Å². The van der Waals surface area contributed by atoms with Gasteiger partial charge in [-0.3, -0.25) is 4.79 Å². The Hall–Kier alpha value is -2.85. The molecule has 0 aliphatic carbocycles. The first-order chi connectivity index (χ1) is 15.6. The van der Waals surface area contributed by atoms with Crippen LogP contribution in [0.1, 0.15) is 24.4 Å². The van der Waals surface area contributed by atoms with Crippen LogP contribution in [0.3, 0.4) is 0 Å². The summed E-state index contributed by atoms with van der Waals surface area (Å²) in [5.41, 5.74) is 1.69. The molecule has 1 N–H and O–H groups in total. The fraction of sp³-hybridized carbons (Fsp3) is 0.318. The maximum Gasteiger partial charge on any atom is 0.233 e. The van der Waals surface area contributed by atoms with Gasteiger partial charge in [0.25, 0.3) is 0 Å². The topological polar surface area (TPSA) is 76.6 Å². The lowest BCUT2D eigenvalue weighted by Gasteiger charge is -2.26. The number of likely N-dealkylation sites (tertiary alicyclic amines) is 1. The highest BCUT2D eigenvalue weighted by Crippen LogP contribution is 2.39. The number of nitrogens with one attached hydrogen (secondary N) is 1. The van der Waals surface area contributed by atoms with Gasteiger partial charge in [0.05, 0.1) is 26.0 Å². The zero-order valence-electron chi connectivity index (χ0n) is 17.7. The SMILES string of the molecule is COc1ccc(OC)c([C@@H]2CCCN2C(=O)CSc2nnc(Nc3ccc(F)cc3)s2)c1. The summed E-state index contributed by atoms with van der Waals surface area (Å²) in [6.07, 6.45) is 1.82. The fourth-order valence-corrected chi connectivity index (χ4v) is 5.33. The van der Waals surface area contributed by atoms with Crippen LogP contribution in [0.5, 0.6) is 11.5 Å². The molecule has 2 aromatic carbocycles. The number of hydrogen-bond donors (Lipinski definition) is 1. The first kappa shape index (κ1) is 22.3. The average Bonchev–Trinajstić information content (AvgIpc) is 3.48. The van der Waals surface area contributed by atoms with Crippen molar-refractivity contribution >= 4 is 39.8 Å². The molecule has 2 heterocycles. The lowest BCUT2D eigenvalue weighted by molar-refractivity contribution is -0.129. The standard InChI is InChI=1S/C22H23FN4O3S2/c1-29-16-9-10-19(30-2)17(12-16)18-4-3-11-27(18)20(28)13-31-22-26-25-21(32-22)24-15-7-5-14(23)6-8-15/h5-10,12,18H,3-4,11,13H2,1-2H3,(H,24,25)/t18-/m0/s1. The quantitative estimate of drug-likeness (QED) is 0.466. The van der Waals surface area contributed by atoms with Gasteiger partial charge >= 0.3 is 0 Å². The highest BCUT2D eigenvalue weighted by atomic mass is 32.2. The molecule has 1 fully saturated rings. The largest absolute Gasteiger partial charge is 0.497 e. The van der Waals surface area contributed by atoms with Crippen LogP contribution < -0.4 is 14.8 Å². The molecule has 1 aliphatic rings. The second-order valence-electron chi connectivity index (χ2n) is 7.15. The van der Waals surface area contributed by atoms with Gasteiger partial charge < -0.3 is 19.7 Å². The Labute approximate surface area is 193 Å². The molecule has 1 saturated heterocycles. The van der Waals surface area contributed by atoms with Crippen LogP contribution >= 0.6 is 23.1 Å². The summed E-state index contributed by atoms with van der Waals surface area (Å²) in [6.45, 7) is 0.706. The molecule has 1 amide bonds. The van der Waals surface area contributed by atoms with E-state index in [1.165, 1.54) is 35.2 Å². The van der Waals surface area contributed by atoms with E-state index in [4.69, 9.17) is 9.47 Å². The number of ether oxygens (including phenoxy) is 2. The fourth-order valence-electron chi connectivity index (χ4n) is 3.67. The molecule has 1 atom stereocenters. The van der Waals surface area contributed by atoms with Crippen LogP contribution in [-0.2, 0) is 4.79 Å². The van der Waals surface area contributed by atoms with Crippen molar-refractivity contribution in [3.63, 3.8) is 0 Å². The number of carbonyl (C=O) groups is 1. The molecule has 1 aromatic heterocycles. The molecule has 0 radical (unpaired) electrons. The van der Waals surface area contributed by atoms with Crippen molar-refractivity contribution in [1.82, 2.24) is 15.1 Å². The van der Waals surface area contributed by atoms with E-state index in [-0.39, 0.29) is 23.5 Å². The Morgan fingerprint density at radius 1 is 1.22 bits per heavy atom. The Kier molecular flexibility index (Phi) is 7.11. The first-order valence-electron chi connectivity index (χ1n) is 10.1. The lowest BCUT2D eigenvalue weighted by Crippen LogP contribution is -2.32. The second kappa shape index (κ2) is 10.2. The average molecular weight is 475 g/mol. The number of carbonyl (C=O) groups excluding carboxylic acids is 1. The van der Waals surface area contributed by atoms with Crippen molar-refractivity contribution in [2.45, 2.75) is 23.2 Å². The van der Waals surface area contributed by atoms with Crippen molar-refractivity contribution in [2.24, 2.45) is 0 Å². The van der Waals surface area contributed by atoms with E-state index in [2.05, 4.69) is 15.5 Å². The zero-order chi connectivity index (χ0) is 22.5. The van der Waals surface area contributed by atoms with E-state index in [0.717, 1.165) is 35.6 Å². The van der Waals surface area contributed by atoms with Gasteiger partial charge in [-0.25, -0.2) is 4.39 Å². The number of halogens is 1. The van der Waals surface area contributed by atoms with Crippen LogP contribution in [0.25, 0.3) is 0 Å². The van der Waals surface area contributed by atoms with Gasteiger partial charge in [-0.15, -0.1) is 10.2 Å². The van der Waals surface area contributed by atoms with Crippen LogP contribution in [0, 0.1) is 5.82 Å². The lowest BCUT2D eigenvalue weighted by atomic mass is 10.0. The van der Waals surface area contributed by atoms with Gasteiger partial charge in [-0.1, -0.05) is 23.1 Å². The molecule has 7 nitrogen and oxygen atoms in total. The summed E-state index contributed by atoms with van der Waals surface area (Å²) < 4.78 is 24.6. The Morgan fingerprint density at radius 3 is 2.78 bits per heavy atom. The highest BCUT2D eigenvalue weighted by Gasteiger charge is 2.32. The minimum Gasteiger partial charge on any atom is -0.497 e. The predicted molar refractivity (Wildman–Crippen MR) is 124 cm³/mol. The number of aromatic nitrogens is 2. The molecule has 168 valence electrons. The second-order valence-corrected chi connectivity index (χ2v) is 9.35. The van der Waals surface area contributed by atoms with Gasteiger partial charge in [0.2, 0.25) is 11.0 Å². The van der Waals surface area contributed by atoms with E-state index >= 15 is 0 Å². The summed E-state index contributed by atoms with van der Waals surface area (Å²) >= 11 is 2.72. The number of methoxy groups -OCH3 is 2. The molecule has 0 unspecified atom stereocenters. The third-order valence-corrected chi connectivity index (χ3v) is 7.15. The summed E-state index contributed by atoms with van der Waals surface area (Å²) in [6, 6.07) is 11.6. The van der Waals surface area contributed by atoms with Gasteiger partial charge in [0, 0.05) is 17.8 Å². The molecule has 1 aliphatic heterocycles. The summed E-state index contributed by atoms with van der Waals surface area (Å²) in [5, 5.41) is 11.9. The summed E-state index contributed by atoms with van der Waals surface area (Å²) in [7, 11) is 3.26. The third kappa shape index (κ3) is 5.13. The van der Waals surface area contributed by atoms with Crippen LogP contribution in [0.2, 0.25) is 0 Å². The number of nitrogens with zero attached hydrogens (tertiary/aromatic N) is 3. The number of benzene rings is 2. The van der Waals surface area contributed by atoms with Crippen molar-refractivity contribution < 1.29 is 18.7 Å². The maximum absolute atomic E-state index is 13.0. The van der Waals surface area contributed by atoms with Crippen molar-refractivity contribution in [3.05, 3.63) is 53.8 Å². The number of anilines is 2. The highest BCUT2D eigenvalue weighted by molar-refractivity contribution is 8.01. The van der Waals surface area contributed by atoms with Crippen LogP contribution in [0.4, 0.5) is 15.2 Å². The number of hydrogen-bond acceptors (Lipinski definition) is 8. The van der Waals surface area contributed by atoms with E-state index in [0.29, 0.717) is 16.0 Å². The number of amides is 1. The predicted octanol–water partition coefficient (Wildman–Crippen LogP) is 4.89. The van der Waals surface area contributed by atoms with Gasteiger partial charge in [-0.05, 0) is 55.3 Å². The van der Waals surface area contributed by atoms with Crippen molar-refractivity contribution in [1.29, 1.82) is 0 Å². The summed E-state index contributed by atoms with van der Waals surface area (Å²) in [4.78, 5) is 14.9. The van der Waals surface area contributed by atoms with Gasteiger partial charge in [0.15, 0.2) is 4.34 Å². The van der Waals surface area contributed by atoms with Gasteiger partial charge in [-0.2, -0.15) is 0 Å². The third-order valence-electron chi connectivity index (χ3n) is 5.19. The van der Waals surface area contributed by atoms with E-state index in [9.17, 15) is 9.18 Å². The molecule has 10 heteroatoms. The molecule has 0 saturated carbocycles. The molecule has 4 rings (SSSR count). The van der Waals surface area contributed by atoms with E-state index in [1.807, 2.05) is 23.1 Å².